The van der Waals surface area contributed by atoms with E-state index in [1.807, 2.05) is 56.0 Å². The van der Waals surface area contributed by atoms with Gasteiger partial charge in [-0.2, -0.15) is 0 Å². The highest BCUT2D eigenvalue weighted by molar-refractivity contribution is 6.10. The summed E-state index contributed by atoms with van der Waals surface area (Å²) in [5.74, 6) is 1.12. The van der Waals surface area contributed by atoms with Crippen molar-refractivity contribution in [2.24, 2.45) is 10.4 Å². The van der Waals surface area contributed by atoms with Crippen LogP contribution >= 0.6 is 0 Å². The molecule has 1 atom stereocenters. The first-order valence-corrected chi connectivity index (χ1v) is 10.4. The molecule has 2 aromatic rings. The first-order chi connectivity index (χ1) is 13.9. The van der Waals surface area contributed by atoms with Crippen LogP contribution in [0.2, 0.25) is 0 Å². The molecule has 5 heteroatoms. The fourth-order valence-electron chi connectivity index (χ4n) is 4.21. The Labute approximate surface area is 173 Å². The molecule has 0 bridgehead atoms. The molecule has 2 aliphatic heterocycles. The van der Waals surface area contributed by atoms with Gasteiger partial charge in [-0.25, -0.2) is 0 Å². The second-order valence-electron chi connectivity index (χ2n) is 9.11. The van der Waals surface area contributed by atoms with Crippen LogP contribution in [-0.2, 0) is 11.3 Å². The highest BCUT2D eigenvalue weighted by Gasteiger charge is 2.45. The van der Waals surface area contributed by atoms with Crippen molar-refractivity contribution in [3.05, 3.63) is 60.2 Å². The molecule has 0 aromatic heterocycles. The number of benzene rings is 2. The fourth-order valence-corrected chi connectivity index (χ4v) is 4.21. The van der Waals surface area contributed by atoms with Gasteiger partial charge in [0.2, 0.25) is 5.91 Å². The number of para-hydroxylation sites is 2. The van der Waals surface area contributed by atoms with E-state index in [1.54, 1.807) is 0 Å². The third-order valence-electron chi connectivity index (χ3n) is 5.69. The number of hydrogen-bond donors (Lipinski definition) is 2. The van der Waals surface area contributed by atoms with Crippen LogP contribution in [0.5, 0.6) is 0 Å². The summed E-state index contributed by atoms with van der Waals surface area (Å²) in [5.41, 5.74) is 2.50. The summed E-state index contributed by atoms with van der Waals surface area (Å²) in [6.07, 6.45) is 1.89. The number of aliphatic imine (C=N–C) groups is 1. The third kappa shape index (κ3) is 4.00. The Morgan fingerprint density at radius 3 is 2.48 bits per heavy atom. The molecule has 2 N–H and O–H groups in total. The molecule has 1 spiro atoms. The maximum absolute atomic E-state index is 13.0. The first kappa shape index (κ1) is 19.5. The SMILES string of the molecule is CC(C)(C)C(=O)N1CCC[C@]2(C1)Nc1ccccc1NC2=NCc1ccccc1. The molecule has 2 aromatic carbocycles. The zero-order valence-electron chi connectivity index (χ0n) is 17.5. The Morgan fingerprint density at radius 2 is 1.76 bits per heavy atom. The lowest BCUT2D eigenvalue weighted by atomic mass is 9.83. The smallest absolute Gasteiger partial charge is 0.228 e. The summed E-state index contributed by atoms with van der Waals surface area (Å²) in [7, 11) is 0. The third-order valence-corrected chi connectivity index (χ3v) is 5.69. The monoisotopic (exact) mass is 390 g/mol. The second-order valence-corrected chi connectivity index (χ2v) is 9.11. The van der Waals surface area contributed by atoms with E-state index in [0.717, 1.165) is 36.6 Å². The van der Waals surface area contributed by atoms with Crippen molar-refractivity contribution in [2.45, 2.75) is 45.7 Å². The van der Waals surface area contributed by atoms with Crippen LogP contribution in [-0.4, -0.2) is 35.3 Å². The van der Waals surface area contributed by atoms with E-state index in [-0.39, 0.29) is 16.9 Å². The number of piperidine rings is 1. The van der Waals surface area contributed by atoms with Gasteiger partial charge in [0.1, 0.15) is 11.4 Å². The summed E-state index contributed by atoms with van der Waals surface area (Å²) >= 11 is 0. The average molecular weight is 391 g/mol. The molecule has 0 unspecified atom stereocenters. The van der Waals surface area contributed by atoms with Crippen LogP contribution in [0.25, 0.3) is 0 Å². The predicted octanol–water partition coefficient (Wildman–Crippen LogP) is 4.53. The van der Waals surface area contributed by atoms with Gasteiger partial charge in [0.05, 0.1) is 24.5 Å². The topological polar surface area (TPSA) is 56.7 Å². The molecular formula is C24H30N4O. The summed E-state index contributed by atoms with van der Waals surface area (Å²) in [4.78, 5) is 20.0. The first-order valence-electron chi connectivity index (χ1n) is 10.4. The predicted molar refractivity (Wildman–Crippen MR) is 119 cm³/mol. The van der Waals surface area contributed by atoms with E-state index in [9.17, 15) is 4.79 Å². The highest BCUT2D eigenvalue weighted by Crippen LogP contribution is 2.37. The van der Waals surface area contributed by atoms with Gasteiger partial charge >= 0.3 is 0 Å². The fraction of sp³-hybridized carbons (Fsp3) is 0.417. The Morgan fingerprint density at radius 1 is 1.07 bits per heavy atom. The normalized spacial score (nSPS) is 22.7. The Balaban J connectivity index is 1.68. The number of amidine groups is 1. The molecule has 0 radical (unpaired) electrons. The molecule has 1 amide bonds. The zero-order valence-corrected chi connectivity index (χ0v) is 17.5. The van der Waals surface area contributed by atoms with Gasteiger partial charge in [-0.3, -0.25) is 9.79 Å². The largest absolute Gasteiger partial charge is 0.370 e. The zero-order chi connectivity index (χ0) is 20.5. The molecule has 5 nitrogen and oxygen atoms in total. The summed E-state index contributed by atoms with van der Waals surface area (Å²) in [5, 5.41) is 7.32. The van der Waals surface area contributed by atoms with Crippen LogP contribution in [0.3, 0.4) is 0 Å². The van der Waals surface area contributed by atoms with Gasteiger partial charge in [-0.15, -0.1) is 0 Å². The van der Waals surface area contributed by atoms with Crippen molar-refractivity contribution in [1.29, 1.82) is 0 Å². The van der Waals surface area contributed by atoms with E-state index < -0.39 is 0 Å². The van der Waals surface area contributed by atoms with Crippen molar-refractivity contribution >= 4 is 23.1 Å². The number of hydrogen-bond acceptors (Lipinski definition) is 3. The minimum Gasteiger partial charge on any atom is -0.370 e. The number of carbonyl (C=O) groups excluding carboxylic acids is 1. The number of carbonyl (C=O) groups is 1. The molecule has 152 valence electrons. The number of fused-ring (bicyclic) bond motifs is 1. The van der Waals surface area contributed by atoms with Gasteiger partial charge in [-0.1, -0.05) is 63.2 Å². The quantitative estimate of drug-likeness (QED) is 0.792. The summed E-state index contributed by atoms with van der Waals surface area (Å²) < 4.78 is 0. The van der Waals surface area contributed by atoms with Gasteiger partial charge in [0.25, 0.3) is 0 Å². The van der Waals surface area contributed by atoms with Crippen molar-refractivity contribution in [1.82, 2.24) is 4.90 Å². The molecule has 4 rings (SSSR count). The molecule has 0 saturated carbocycles. The van der Waals surface area contributed by atoms with Gasteiger partial charge < -0.3 is 15.5 Å². The van der Waals surface area contributed by atoms with Crippen LogP contribution in [0.4, 0.5) is 11.4 Å². The van der Waals surface area contributed by atoms with Gasteiger partial charge in [-0.05, 0) is 30.5 Å². The number of nitrogens with zero attached hydrogens (tertiary/aromatic N) is 2. The Bertz CT molecular complexity index is 916. The number of amides is 1. The lowest BCUT2D eigenvalue weighted by Gasteiger charge is -2.48. The van der Waals surface area contributed by atoms with Crippen LogP contribution in [0, 0.1) is 5.41 Å². The summed E-state index contributed by atoms with van der Waals surface area (Å²) in [6.45, 7) is 8.00. The second kappa shape index (κ2) is 7.54. The van der Waals surface area contributed by atoms with Crippen molar-refractivity contribution in [2.75, 3.05) is 23.7 Å². The van der Waals surface area contributed by atoms with Crippen LogP contribution in [0.15, 0.2) is 59.6 Å². The minimum atomic E-state index is -0.389. The summed E-state index contributed by atoms with van der Waals surface area (Å²) in [6, 6.07) is 18.5. The molecule has 0 aliphatic carbocycles. The maximum Gasteiger partial charge on any atom is 0.228 e. The Hall–Kier alpha value is -2.82. The van der Waals surface area contributed by atoms with Crippen molar-refractivity contribution < 1.29 is 4.79 Å². The lowest BCUT2D eigenvalue weighted by molar-refractivity contribution is -0.140. The molecular weight excluding hydrogens is 360 g/mol. The maximum atomic E-state index is 13.0. The molecule has 2 heterocycles. The average Bonchev–Trinajstić information content (AvgIpc) is 2.72. The number of rotatable bonds is 2. The van der Waals surface area contributed by atoms with E-state index in [1.165, 1.54) is 5.56 Å². The number of likely N-dealkylation sites (tertiary alicyclic amines) is 1. The number of anilines is 2. The van der Waals surface area contributed by atoms with Gasteiger partial charge in [0, 0.05) is 12.0 Å². The standard InChI is InChI=1S/C24H30N4O/c1-23(2,3)22(29)28-15-9-14-24(17-28)21(25-16-18-10-5-4-6-11-18)26-19-12-7-8-13-20(19)27-24/h4-8,10-13,27H,9,14-17H2,1-3H3,(H,25,26)/t24-/m1/s1. The minimum absolute atomic E-state index is 0.194. The lowest BCUT2D eigenvalue weighted by Crippen LogP contribution is -2.63. The Kier molecular flexibility index (Phi) is 5.07. The van der Waals surface area contributed by atoms with E-state index in [4.69, 9.17) is 4.99 Å². The van der Waals surface area contributed by atoms with Gasteiger partial charge in [0.15, 0.2) is 0 Å². The van der Waals surface area contributed by atoms with E-state index in [2.05, 4.69) is 34.9 Å². The molecule has 1 saturated heterocycles. The molecule has 2 aliphatic rings. The molecule has 29 heavy (non-hydrogen) atoms. The van der Waals surface area contributed by atoms with Crippen LogP contribution < -0.4 is 10.6 Å². The highest BCUT2D eigenvalue weighted by atomic mass is 16.2. The van der Waals surface area contributed by atoms with Crippen molar-refractivity contribution in [3.63, 3.8) is 0 Å². The van der Waals surface area contributed by atoms with E-state index >= 15 is 0 Å². The van der Waals surface area contributed by atoms with Crippen molar-refractivity contribution in [3.8, 4) is 0 Å². The molecule has 1 fully saturated rings. The van der Waals surface area contributed by atoms with Crippen LogP contribution in [0.1, 0.15) is 39.2 Å². The number of nitrogens with one attached hydrogen (secondary N) is 2. The van der Waals surface area contributed by atoms with E-state index in [0.29, 0.717) is 13.1 Å².